The molecule has 0 aliphatic rings. The van der Waals surface area contributed by atoms with Gasteiger partial charge in [0.2, 0.25) is 0 Å². The molecular formula is C25H22ClGeP. The Balaban J connectivity index is 0.00000140. The fraction of sp³-hybridized carbons (Fsp3) is 0.0400. The Labute approximate surface area is 185 Å². The first kappa shape index (κ1) is 22.4. The van der Waals surface area contributed by atoms with E-state index in [1.165, 1.54) is 21.5 Å². The van der Waals surface area contributed by atoms with Gasteiger partial charge in [-0.15, -0.1) is 0 Å². The largest absolute Gasteiger partial charge is 1.00 e. The fourth-order valence-corrected chi connectivity index (χ4v) is 7.87. The molecule has 0 fully saturated rings. The van der Waals surface area contributed by atoms with Crippen molar-refractivity contribution in [2.45, 2.75) is 6.16 Å². The molecule has 4 aromatic carbocycles. The smallest absolute Gasteiger partial charge is 0.116 e. The minimum Gasteiger partial charge on any atom is -1.00 e. The molecule has 0 N–H and O–H groups in total. The molecule has 0 nitrogen and oxygen atoms in total. The van der Waals surface area contributed by atoms with Crippen LogP contribution in [0.25, 0.3) is 0 Å². The van der Waals surface area contributed by atoms with E-state index in [-0.39, 0.29) is 30.0 Å². The summed E-state index contributed by atoms with van der Waals surface area (Å²) in [5.41, 5.74) is 1.39. The number of halogens is 1. The second-order valence-electron chi connectivity index (χ2n) is 6.46. The predicted molar refractivity (Wildman–Crippen MR) is 121 cm³/mol. The first-order chi connectivity index (χ1) is 12.9. The average molecular weight is 461 g/mol. The molecule has 0 amide bonds. The summed E-state index contributed by atoms with van der Waals surface area (Å²) in [6.45, 7) is 0. The van der Waals surface area contributed by atoms with Crippen molar-refractivity contribution in [1.82, 2.24) is 0 Å². The Hall–Kier alpha value is -1.86. The molecule has 0 aliphatic carbocycles. The van der Waals surface area contributed by atoms with Crippen molar-refractivity contribution in [2.75, 3.05) is 0 Å². The van der Waals surface area contributed by atoms with Crippen LogP contribution in [-0.4, -0.2) is 17.6 Å². The molecule has 28 heavy (non-hydrogen) atoms. The third-order valence-corrected chi connectivity index (χ3v) is 9.23. The van der Waals surface area contributed by atoms with Crippen LogP contribution >= 0.6 is 7.26 Å². The summed E-state index contributed by atoms with van der Waals surface area (Å²) >= 11 is 0. The first-order valence-electron chi connectivity index (χ1n) is 8.98. The van der Waals surface area contributed by atoms with Gasteiger partial charge in [0.15, 0.2) is 0 Å². The SMILES string of the molecule is [Cl-].[Ge].c1ccc(C[P+](c2ccccc2)(c2ccccc2)c2ccccc2)cc1. The molecule has 4 rings (SSSR count). The molecule has 0 saturated heterocycles. The van der Waals surface area contributed by atoms with Gasteiger partial charge >= 0.3 is 0 Å². The van der Waals surface area contributed by atoms with E-state index in [0.29, 0.717) is 0 Å². The molecule has 0 spiro atoms. The maximum absolute atomic E-state index is 2.30. The molecule has 0 heterocycles. The second kappa shape index (κ2) is 10.6. The minimum absolute atomic E-state index is 0. The van der Waals surface area contributed by atoms with E-state index in [9.17, 15) is 0 Å². The van der Waals surface area contributed by atoms with E-state index in [1.54, 1.807) is 0 Å². The van der Waals surface area contributed by atoms with E-state index in [1.807, 2.05) is 0 Å². The zero-order valence-electron chi connectivity index (χ0n) is 15.6. The van der Waals surface area contributed by atoms with Gasteiger partial charge in [-0.05, 0) is 42.0 Å². The molecule has 4 radical (unpaired) electrons. The first-order valence-corrected chi connectivity index (χ1v) is 11.0. The van der Waals surface area contributed by atoms with Gasteiger partial charge in [0.1, 0.15) is 23.2 Å². The number of benzene rings is 4. The zero-order chi connectivity index (χ0) is 17.7. The van der Waals surface area contributed by atoms with Gasteiger partial charge in [-0.1, -0.05) is 84.9 Å². The minimum atomic E-state index is -1.78. The summed E-state index contributed by atoms with van der Waals surface area (Å²) in [5, 5.41) is 4.30. The molecular weight excluding hydrogens is 439 g/mol. The monoisotopic (exact) mass is 462 g/mol. The molecule has 138 valence electrons. The van der Waals surface area contributed by atoms with E-state index in [2.05, 4.69) is 121 Å². The molecule has 0 saturated carbocycles. The molecule has 0 atom stereocenters. The third-order valence-electron chi connectivity index (χ3n) is 4.85. The predicted octanol–water partition coefficient (Wildman–Crippen LogP) is 1.80. The second-order valence-corrected chi connectivity index (χ2v) is 9.95. The van der Waals surface area contributed by atoms with Crippen molar-refractivity contribution < 1.29 is 12.4 Å². The quantitative estimate of drug-likeness (QED) is 0.314. The summed E-state index contributed by atoms with van der Waals surface area (Å²) in [4.78, 5) is 0. The Morgan fingerprint density at radius 3 is 1.04 bits per heavy atom. The van der Waals surface area contributed by atoms with E-state index >= 15 is 0 Å². The van der Waals surface area contributed by atoms with Crippen LogP contribution in [0.2, 0.25) is 0 Å². The Bertz CT molecular complexity index is 848. The van der Waals surface area contributed by atoms with E-state index in [4.69, 9.17) is 0 Å². The Morgan fingerprint density at radius 2 is 0.714 bits per heavy atom. The normalized spacial score (nSPS) is 10.4. The van der Waals surface area contributed by atoms with Crippen molar-refractivity contribution in [3.05, 3.63) is 127 Å². The van der Waals surface area contributed by atoms with Crippen molar-refractivity contribution in [3.63, 3.8) is 0 Å². The molecule has 3 heteroatoms. The zero-order valence-corrected chi connectivity index (χ0v) is 19.3. The molecule has 0 aliphatic heterocycles. The molecule has 4 aromatic rings. The van der Waals surface area contributed by atoms with Crippen LogP contribution in [0.5, 0.6) is 0 Å². The van der Waals surface area contributed by atoms with Crippen molar-refractivity contribution in [1.29, 1.82) is 0 Å². The van der Waals surface area contributed by atoms with Gasteiger partial charge < -0.3 is 12.4 Å². The maximum Gasteiger partial charge on any atom is 0.116 e. The van der Waals surface area contributed by atoms with Gasteiger partial charge in [0.05, 0.1) is 6.16 Å². The maximum atomic E-state index is 2.30. The van der Waals surface area contributed by atoms with Crippen molar-refractivity contribution >= 4 is 40.8 Å². The molecule has 0 bridgehead atoms. The standard InChI is InChI=1S/C25H22P.ClH.Ge/c1-5-13-22(14-6-1)21-26(23-15-7-2-8-16-23,24-17-9-3-10-18-24)25-19-11-4-12-20-25;;/h1-20H,21H2;1H;/q+1;;/p-1. The summed E-state index contributed by atoms with van der Waals surface area (Å²) in [6.07, 6.45) is 1.03. The average Bonchev–Trinajstić information content (AvgIpc) is 2.75. The van der Waals surface area contributed by atoms with Gasteiger partial charge in [-0.2, -0.15) is 0 Å². The third kappa shape index (κ3) is 4.58. The van der Waals surface area contributed by atoms with Gasteiger partial charge in [0, 0.05) is 17.6 Å². The van der Waals surface area contributed by atoms with Gasteiger partial charge in [-0.3, -0.25) is 0 Å². The van der Waals surface area contributed by atoms with Crippen molar-refractivity contribution in [3.8, 4) is 0 Å². The molecule has 0 unspecified atom stereocenters. The topological polar surface area (TPSA) is 0 Å². The van der Waals surface area contributed by atoms with E-state index in [0.717, 1.165) is 6.16 Å². The van der Waals surface area contributed by atoms with Gasteiger partial charge in [0.25, 0.3) is 0 Å². The summed E-state index contributed by atoms with van der Waals surface area (Å²) in [7, 11) is -1.78. The van der Waals surface area contributed by atoms with Crippen LogP contribution in [-0.2, 0) is 6.16 Å². The van der Waals surface area contributed by atoms with Crippen molar-refractivity contribution in [2.24, 2.45) is 0 Å². The Kier molecular flexibility index (Phi) is 8.51. The number of rotatable bonds is 5. The Morgan fingerprint density at radius 1 is 0.429 bits per heavy atom. The van der Waals surface area contributed by atoms with Crippen LogP contribution < -0.4 is 28.3 Å². The van der Waals surface area contributed by atoms with Crippen LogP contribution in [0.4, 0.5) is 0 Å². The summed E-state index contributed by atoms with van der Waals surface area (Å²) in [5.74, 6) is 0. The van der Waals surface area contributed by atoms with Crippen LogP contribution in [0.15, 0.2) is 121 Å². The van der Waals surface area contributed by atoms with E-state index < -0.39 is 7.26 Å². The molecule has 0 aromatic heterocycles. The number of hydrogen-bond acceptors (Lipinski definition) is 0. The fourth-order valence-electron chi connectivity index (χ4n) is 3.63. The number of hydrogen-bond donors (Lipinski definition) is 0. The van der Waals surface area contributed by atoms with Crippen LogP contribution in [0.1, 0.15) is 5.56 Å². The van der Waals surface area contributed by atoms with Crippen LogP contribution in [0, 0.1) is 0 Å². The summed E-state index contributed by atoms with van der Waals surface area (Å²) in [6, 6.07) is 44.0. The van der Waals surface area contributed by atoms with Gasteiger partial charge in [-0.25, -0.2) is 0 Å². The summed E-state index contributed by atoms with van der Waals surface area (Å²) < 4.78 is 0. The van der Waals surface area contributed by atoms with Crippen LogP contribution in [0.3, 0.4) is 0 Å².